The zero-order chi connectivity index (χ0) is 20.1. The fraction of sp³-hybridized carbons (Fsp3) is 0.158. The van der Waals surface area contributed by atoms with Crippen LogP contribution in [-0.4, -0.2) is 30.0 Å². The monoisotopic (exact) mass is 404 g/mol. The minimum atomic E-state index is -0.467. The van der Waals surface area contributed by atoms with Gasteiger partial charge in [0.15, 0.2) is 0 Å². The van der Waals surface area contributed by atoms with E-state index in [2.05, 4.69) is 15.7 Å². The first-order valence-corrected chi connectivity index (χ1v) is 8.62. The highest BCUT2D eigenvalue weighted by atomic mass is 35.5. The van der Waals surface area contributed by atoms with E-state index in [9.17, 15) is 9.18 Å². The second kappa shape index (κ2) is 8.62. The van der Waals surface area contributed by atoms with Crippen molar-refractivity contribution in [1.29, 1.82) is 0 Å². The minimum Gasteiger partial charge on any atom is -0.497 e. The number of hydrogen-bond acceptors (Lipinski definition) is 4. The number of benzene rings is 2. The molecular weight excluding hydrogens is 387 g/mol. The van der Waals surface area contributed by atoms with Crippen LogP contribution in [0.2, 0.25) is 5.02 Å². The van der Waals surface area contributed by atoms with Crippen molar-refractivity contribution in [3.8, 4) is 11.5 Å². The third-order valence-corrected chi connectivity index (χ3v) is 4.25. The number of ether oxygens (including phenoxy) is 2. The van der Waals surface area contributed by atoms with Gasteiger partial charge >= 0.3 is 6.03 Å². The van der Waals surface area contributed by atoms with Crippen LogP contribution in [0.25, 0.3) is 0 Å². The highest BCUT2D eigenvalue weighted by molar-refractivity contribution is 6.31. The fourth-order valence-corrected chi connectivity index (χ4v) is 2.76. The van der Waals surface area contributed by atoms with E-state index in [0.29, 0.717) is 40.0 Å². The van der Waals surface area contributed by atoms with Gasteiger partial charge < -0.3 is 20.1 Å². The third-order valence-electron chi connectivity index (χ3n) is 3.89. The van der Waals surface area contributed by atoms with Gasteiger partial charge in [-0.15, -0.1) is 0 Å². The maximum Gasteiger partial charge on any atom is 0.323 e. The Morgan fingerprint density at radius 1 is 1.18 bits per heavy atom. The highest BCUT2D eigenvalue weighted by Gasteiger charge is 2.11. The lowest BCUT2D eigenvalue weighted by atomic mass is 10.2. The molecule has 0 bridgehead atoms. The molecule has 0 aliphatic heterocycles. The molecule has 1 heterocycles. The molecular formula is C19H18ClFN4O3. The number of carbonyl (C=O) groups excluding carboxylic acids is 1. The molecule has 0 saturated heterocycles. The fourth-order valence-electron chi connectivity index (χ4n) is 2.54. The number of rotatable bonds is 6. The summed E-state index contributed by atoms with van der Waals surface area (Å²) in [5.74, 6) is 0.680. The lowest BCUT2D eigenvalue weighted by Gasteiger charge is -2.12. The van der Waals surface area contributed by atoms with Crippen LogP contribution in [0.3, 0.4) is 0 Å². The zero-order valence-electron chi connectivity index (χ0n) is 15.2. The standard InChI is InChI=1S/C19H18ClFN4O3/c1-27-15-5-6-18(28-2)17(8-15)24-19(26)23-14-9-22-25(11-14)10-12-3-4-13(21)7-16(12)20/h3-9,11H,10H2,1-2H3,(H2,23,24,26). The lowest BCUT2D eigenvalue weighted by molar-refractivity contribution is 0.262. The largest absolute Gasteiger partial charge is 0.497 e. The number of amides is 2. The van der Waals surface area contributed by atoms with Crippen LogP contribution in [-0.2, 0) is 6.54 Å². The number of anilines is 2. The maximum atomic E-state index is 13.1. The topological polar surface area (TPSA) is 77.4 Å². The molecule has 1 aromatic heterocycles. The van der Waals surface area contributed by atoms with Crippen molar-refractivity contribution in [2.75, 3.05) is 24.9 Å². The number of urea groups is 1. The third kappa shape index (κ3) is 4.72. The van der Waals surface area contributed by atoms with Gasteiger partial charge in [0.2, 0.25) is 0 Å². The SMILES string of the molecule is COc1ccc(OC)c(NC(=O)Nc2cnn(Cc3ccc(F)cc3Cl)c2)c1. The molecule has 2 N–H and O–H groups in total. The molecule has 28 heavy (non-hydrogen) atoms. The van der Waals surface area contributed by atoms with E-state index in [1.807, 2.05) is 0 Å². The van der Waals surface area contributed by atoms with Crippen molar-refractivity contribution in [2.45, 2.75) is 6.54 Å². The normalized spacial score (nSPS) is 10.4. The van der Waals surface area contributed by atoms with Crippen LogP contribution in [0.4, 0.5) is 20.6 Å². The minimum absolute atomic E-state index is 0.313. The Morgan fingerprint density at radius 3 is 2.71 bits per heavy atom. The summed E-state index contributed by atoms with van der Waals surface area (Å²) in [5.41, 5.74) is 1.66. The van der Waals surface area contributed by atoms with Gasteiger partial charge in [-0.25, -0.2) is 9.18 Å². The van der Waals surface area contributed by atoms with Gasteiger partial charge in [0.05, 0.1) is 38.3 Å². The summed E-state index contributed by atoms with van der Waals surface area (Å²) in [6, 6.07) is 8.77. The van der Waals surface area contributed by atoms with E-state index in [1.165, 1.54) is 32.5 Å². The van der Waals surface area contributed by atoms with E-state index in [-0.39, 0.29) is 0 Å². The van der Waals surface area contributed by atoms with Crippen LogP contribution in [0.15, 0.2) is 48.8 Å². The van der Waals surface area contributed by atoms with E-state index >= 15 is 0 Å². The second-order valence-corrected chi connectivity index (χ2v) is 6.21. The van der Waals surface area contributed by atoms with E-state index in [1.54, 1.807) is 35.1 Å². The number of methoxy groups -OCH3 is 2. The number of hydrogen-bond donors (Lipinski definition) is 2. The first-order valence-electron chi connectivity index (χ1n) is 8.25. The summed E-state index contributed by atoms with van der Waals surface area (Å²) in [6.45, 7) is 0.339. The summed E-state index contributed by atoms with van der Waals surface area (Å²) in [4.78, 5) is 12.3. The van der Waals surface area contributed by atoms with Crippen LogP contribution in [0, 0.1) is 5.82 Å². The Balaban J connectivity index is 1.66. The Kier molecular flexibility index (Phi) is 6.00. The van der Waals surface area contributed by atoms with Crippen molar-refractivity contribution in [3.05, 3.63) is 65.2 Å². The number of aromatic nitrogens is 2. The first-order chi connectivity index (χ1) is 13.5. The van der Waals surface area contributed by atoms with Crippen molar-refractivity contribution in [3.63, 3.8) is 0 Å². The second-order valence-electron chi connectivity index (χ2n) is 5.81. The molecule has 0 aliphatic rings. The molecule has 7 nitrogen and oxygen atoms in total. The number of carbonyl (C=O) groups is 1. The van der Waals surface area contributed by atoms with E-state index in [0.717, 1.165) is 0 Å². The molecule has 9 heteroatoms. The van der Waals surface area contributed by atoms with Gasteiger partial charge in [-0.2, -0.15) is 5.10 Å². The van der Waals surface area contributed by atoms with Crippen LogP contribution < -0.4 is 20.1 Å². The first kappa shape index (κ1) is 19.5. The molecule has 0 unspecified atom stereocenters. The van der Waals surface area contributed by atoms with Gasteiger partial charge in [0.1, 0.15) is 17.3 Å². The zero-order valence-corrected chi connectivity index (χ0v) is 16.0. The highest BCUT2D eigenvalue weighted by Crippen LogP contribution is 2.29. The Labute approximate surface area is 166 Å². The molecule has 3 rings (SSSR count). The molecule has 0 atom stereocenters. The molecule has 0 radical (unpaired) electrons. The lowest BCUT2D eigenvalue weighted by Crippen LogP contribution is -2.19. The number of nitrogens with one attached hydrogen (secondary N) is 2. The maximum absolute atomic E-state index is 13.1. The van der Waals surface area contributed by atoms with Crippen molar-refractivity contribution in [2.24, 2.45) is 0 Å². The van der Waals surface area contributed by atoms with Crippen molar-refractivity contribution >= 4 is 29.0 Å². The van der Waals surface area contributed by atoms with Gasteiger partial charge in [-0.05, 0) is 29.8 Å². The van der Waals surface area contributed by atoms with Gasteiger partial charge in [0.25, 0.3) is 0 Å². The molecule has 0 aliphatic carbocycles. The Morgan fingerprint density at radius 2 is 2.00 bits per heavy atom. The van der Waals surface area contributed by atoms with Crippen LogP contribution in [0.1, 0.15) is 5.56 Å². The summed E-state index contributed by atoms with van der Waals surface area (Å²) in [7, 11) is 3.04. The average Bonchev–Trinajstić information content (AvgIpc) is 3.10. The Hall–Kier alpha value is -3.26. The Bertz CT molecular complexity index is 993. The van der Waals surface area contributed by atoms with Crippen molar-refractivity contribution in [1.82, 2.24) is 9.78 Å². The number of halogens is 2. The van der Waals surface area contributed by atoms with Gasteiger partial charge in [0, 0.05) is 17.3 Å². The number of nitrogens with zero attached hydrogens (tertiary/aromatic N) is 2. The molecule has 3 aromatic rings. The summed E-state index contributed by atoms with van der Waals surface area (Å²) < 4.78 is 25.1. The van der Waals surface area contributed by atoms with Gasteiger partial charge in [-0.3, -0.25) is 4.68 Å². The molecule has 146 valence electrons. The smallest absolute Gasteiger partial charge is 0.323 e. The van der Waals surface area contributed by atoms with Crippen LogP contribution >= 0.6 is 11.6 Å². The molecule has 2 amide bonds. The van der Waals surface area contributed by atoms with E-state index < -0.39 is 11.8 Å². The van der Waals surface area contributed by atoms with Crippen molar-refractivity contribution < 1.29 is 18.7 Å². The summed E-state index contributed by atoms with van der Waals surface area (Å²) in [6.07, 6.45) is 3.14. The summed E-state index contributed by atoms with van der Waals surface area (Å²) >= 11 is 6.03. The summed E-state index contributed by atoms with van der Waals surface area (Å²) in [5, 5.41) is 9.88. The molecule has 2 aromatic carbocycles. The molecule has 0 spiro atoms. The average molecular weight is 405 g/mol. The quantitative estimate of drug-likeness (QED) is 0.639. The molecule has 0 fully saturated rings. The van der Waals surface area contributed by atoms with Crippen LogP contribution in [0.5, 0.6) is 11.5 Å². The molecule has 0 saturated carbocycles. The van der Waals surface area contributed by atoms with E-state index in [4.69, 9.17) is 21.1 Å². The van der Waals surface area contributed by atoms with Gasteiger partial charge in [-0.1, -0.05) is 17.7 Å². The predicted octanol–water partition coefficient (Wildman–Crippen LogP) is 4.39. The predicted molar refractivity (Wildman–Crippen MR) is 105 cm³/mol.